The van der Waals surface area contributed by atoms with Crippen LogP contribution in [0.2, 0.25) is 0 Å². The molecule has 0 aliphatic heterocycles. The molecule has 0 N–H and O–H groups in total. The van der Waals surface area contributed by atoms with Crippen LogP contribution in [-0.2, 0) is 6.54 Å². The van der Waals surface area contributed by atoms with E-state index in [1.54, 1.807) is 40.0 Å². The SMILES string of the molecule is N#Cc1nccn1Cc1ccn(-c2ccc(F)cc2)n1. The van der Waals surface area contributed by atoms with Crippen LogP contribution in [0.3, 0.4) is 0 Å². The zero-order valence-electron chi connectivity index (χ0n) is 10.4. The van der Waals surface area contributed by atoms with Gasteiger partial charge >= 0.3 is 0 Å². The van der Waals surface area contributed by atoms with Crippen molar-refractivity contribution >= 4 is 0 Å². The summed E-state index contributed by atoms with van der Waals surface area (Å²) in [6.45, 7) is 0.469. The molecule has 0 fully saturated rings. The predicted molar refractivity (Wildman–Crippen MR) is 69.6 cm³/mol. The van der Waals surface area contributed by atoms with Crippen molar-refractivity contribution in [3.63, 3.8) is 0 Å². The van der Waals surface area contributed by atoms with E-state index in [-0.39, 0.29) is 5.82 Å². The molecule has 2 aromatic heterocycles. The van der Waals surface area contributed by atoms with Crippen LogP contribution in [0.15, 0.2) is 48.9 Å². The Bertz CT molecular complexity index is 763. The van der Waals surface area contributed by atoms with Crippen LogP contribution in [0, 0.1) is 17.1 Å². The van der Waals surface area contributed by atoms with E-state index in [1.807, 2.05) is 12.1 Å². The van der Waals surface area contributed by atoms with Crippen molar-refractivity contribution in [1.82, 2.24) is 19.3 Å². The first-order valence-electron chi connectivity index (χ1n) is 5.98. The highest BCUT2D eigenvalue weighted by molar-refractivity contribution is 5.31. The first-order valence-corrected chi connectivity index (χ1v) is 5.98. The van der Waals surface area contributed by atoms with Crippen LogP contribution < -0.4 is 0 Å². The number of nitriles is 1. The molecule has 0 aliphatic rings. The fourth-order valence-electron chi connectivity index (χ4n) is 1.91. The summed E-state index contributed by atoms with van der Waals surface area (Å²) >= 11 is 0. The maximum Gasteiger partial charge on any atom is 0.213 e. The molecule has 3 aromatic rings. The van der Waals surface area contributed by atoms with E-state index in [2.05, 4.69) is 10.1 Å². The molecule has 0 atom stereocenters. The van der Waals surface area contributed by atoms with Gasteiger partial charge in [-0.25, -0.2) is 14.1 Å². The van der Waals surface area contributed by atoms with Gasteiger partial charge in [-0.15, -0.1) is 0 Å². The normalized spacial score (nSPS) is 10.4. The van der Waals surface area contributed by atoms with Gasteiger partial charge in [0, 0.05) is 18.6 Å². The van der Waals surface area contributed by atoms with E-state index in [0.29, 0.717) is 12.4 Å². The minimum Gasteiger partial charge on any atom is -0.317 e. The molecule has 1 aromatic carbocycles. The molecular weight excluding hydrogens is 257 g/mol. The average molecular weight is 267 g/mol. The van der Waals surface area contributed by atoms with Gasteiger partial charge in [-0.05, 0) is 30.3 Å². The van der Waals surface area contributed by atoms with E-state index >= 15 is 0 Å². The van der Waals surface area contributed by atoms with Crippen molar-refractivity contribution < 1.29 is 4.39 Å². The molecule has 3 rings (SSSR count). The molecule has 0 saturated heterocycles. The number of rotatable bonds is 3. The fourth-order valence-corrected chi connectivity index (χ4v) is 1.91. The number of hydrogen-bond acceptors (Lipinski definition) is 3. The molecule has 0 aliphatic carbocycles. The Morgan fingerprint density at radius 3 is 2.70 bits per heavy atom. The van der Waals surface area contributed by atoms with Crippen molar-refractivity contribution in [1.29, 1.82) is 5.26 Å². The molecule has 0 unspecified atom stereocenters. The largest absolute Gasteiger partial charge is 0.317 e. The van der Waals surface area contributed by atoms with Gasteiger partial charge in [0.1, 0.15) is 11.9 Å². The lowest BCUT2D eigenvalue weighted by molar-refractivity contribution is 0.627. The Morgan fingerprint density at radius 1 is 1.15 bits per heavy atom. The molecule has 6 heteroatoms. The number of nitrogens with zero attached hydrogens (tertiary/aromatic N) is 5. The summed E-state index contributed by atoms with van der Waals surface area (Å²) in [6, 6.07) is 9.96. The number of imidazole rings is 1. The molecule has 20 heavy (non-hydrogen) atoms. The average Bonchev–Trinajstić information content (AvgIpc) is 3.09. The topological polar surface area (TPSA) is 59.4 Å². The molecule has 5 nitrogen and oxygen atoms in total. The lowest BCUT2D eigenvalue weighted by atomic mass is 10.3. The summed E-state index contributed by atoms with van der Waals surface area (Å²) in [5.41, 5.74) is 1.58. The molecule has 0 amide bonds. The molecule has 98 valence electrons. The lowest BCUT2D eigenvalue weighted by Gasteiger charge is -2.02. The van der Waals surface area contributed by atoms with E-state index in [4.69, 9.17) is 5.26 Å². The number of halogens is 1. The van der Waals surface area contributed by atoms with Crippen LogP contribution in [-0.4, -0.2) is 19.3 Å². The third kappa shape index (κ3) is 2.29. The fraction of sp³-hybridized carbons (Fsp3) is 0.0714. The summed E-state index contributed by atoms with van der Waals surface area (Å²) in [4.78, 5) is 3.93. The van der Waals surface area contributed by atoms with Crippen molar-refractivity contribution in [2.45, 2.75) is 6.54 Å². The van der Waals surface area contributed by atoms with Gasteiger partial charge in [-0.2, -0.15) is 10.4 Å². The summed E-state index contributed by atoms with van der Waals surface area (Å²) < 4.78 is 16.3. The number of benzene rings is 1. The standard InChI is InChI=1S/C14H10FN5/c15-11-1-3-13(4-2-11)20-7-5-12(18-20)10-19-8-6-17-14(19)9-16/h1-8H,10H2. The van der Waals surface area contributed by atoms with Gasteiger partial charge in [-0.3, -0.25) is 0 Å². The van der Waals surface area contributed by atoms with E-state index < -0.39 is 0 Å². The zero-order chi connectivity index (χ0) is 13.9. The van der Waals surface area contributed by atoms with Gasteiger partial charge in [0.05, 0.1) is 17.9 Å². The predicted octanol–water partition coefficient (Wildman–Crippen LogP) is 2.13. The Hall–Kier alpha value is -2.94. The Labute approximate surface area is 114 Å². The van der Waals surface area contributed by atoms with Gasteiger partial charge in [0.15, 0.2) is 0 Å². The van der Waals surface area contributed by atoms with Crippen molar-refractivity contribution in [3.8, 4) is 11.8 Å². The first-order chi connectivity index (χ1) is 9.76. The Kier molecular flexibility index (Phi) is 3.01. The smallest absolute Gasteiger partial charge is 0.213 e. The number of aromatic nitrogens is 4. The second-order valence-corrected chi connectivity index (χ2v) is 4.22. The molecule has 2 heterocycles. The maximum atomic E-state index is 12.9. The molecule has 0 saturated carbocycles. The van der Waals surface area contributed by atoms with Crippen LogP contribution in [0.1, 0.15) is 11.5 Å². The van der Waals surface area contributed by atoms with E-state index in [9.17, 15) is 4.39 Å². The quantitative estimate of drug-likeness (QED) is 0.730. The van der Waals surface area contributed by atoms with E-state index in [1.165, 1.54) is 12.1 Å². The van der Waals surface area contributed by atoms with Gasteiger partial charge in [0.2, 0.25) is 5.82 Å². The monoisotopic (exact) mass is 267 g/mol. The Balaban J connectivity index is 1.84. The second kappa shape index (κ2) is 4.97. The third-order valence-corrected chi connectivity index (χ3v) is 2.88. The van der Waals surface area contributed by atoms with Gasteiger partial charge < -0.3 is 4.57 Å². The maximum absolute atomic E-state index is 12.9. The second-order valence-electron chi connectivity index (χ2n) is 4.22. The molecule has 0 spiro atoms. The minimum absolute atomic E-state index is 0.279. The zero-order valence-corrected chi connectivity index (χ0v) is 10.4. The summed E-state index contributed by atoms with van der Waals surface area (Å²) in [6.07, 6.45) is 5.11. The van der Waals surface area contributed by atoms with Crippen molar-refractivity contribution in [3.05, 3.63) is 66.3 Å². The molecular formula is C14H10FN5. The highest BCUT2D eigenvalue weighted by Gasteiger charge is 2.05. The lowest BCUT2D eigenvalue weighted by Crippen LogP contribution is -2.03. The van der Waals surface area contributed by atoms with Crippen LogP contribution >= 0.6 is 0 Å². The highest BCUT2D eigenvalue weighted by atomic mass is 19.1. The van der Waals surface area contributed by atoms with E-state index in [0.717, 1.165) is 11.4 Å². The minimum atomic E-state index is -0.279. The third-order valence-electron chi connectivity index (χ3n) is 2.88. The van der Waals surface area contributed by atoms with Crippen LogP contribution in [0.5, 0.6) is 0 Å². The van der Waals surface area contributed by atoms with Crippen LogP contribution in [0.4, 0.5) is 4.39 Å². The molecule has 0 radical (unpaired) electrons. The number of hydrogen-bond donors (Lipinski definition) is 0. The summed E-state index contributed by atoms with van der Waals surface area (Å²) in [7, 11) is 0. The summed E-state index contributed by atoms with van der Waals surface area (Å²) in [5, 5.41) is 13.3. The molecule has 0 bridgehead atoms. The first kappa shape index (κ1) is 12.1. The van der Waals surface area contributed by atoms with Crippen molar-refractivity contribution in [2.24, 2.45) is 0 Å². The van der Waals surface area contributed by atoms with Gasteiger partial charge in [-0.1, -0.05) is 0 Å². The van der Waals surface area contributed by atoms with Gasteiger partial charge in [0.25, 0.3) is 0 Å². The van der Waals surface area contributed by atoms with Crippen molar-refractivity contribution in [2.75, 3.05) is 0 Å². The Morgan fingerprint density at radius 2 is 1.95 bits per heavy atom. The summed E-state index contributed by atoms with van der Waals surface area (Å²) in [5.74, 6) is 0.0690. The van der Waals surface area contributed by atoms with Crippen LogP contribution in [0.25, 0.3) is 5.69 Å². The highest BCUT2D eigenvalue weighted by Crippen LogP contribution is 2.10.